The zero-order valence-electron chi connectivity index (χ0n) is 9.68. The van der Waals surface area contributed by atoms with E-state index in [-0.39, 0.29) is 24.3 Å². The van der Waals surface area contributed by atoms with Crippen molar-refractivity contribution in [3.8, 4) is 0 Å². The summed E-state index contributed by atoms with van der Waals surface area (Å²) in [5, 5.41) is 15.5. The van der Waals surface area contributed by atoms with Crippen molar-refractivity contribution in [2.45, 2.75) is 0 Å². The lowest BCUT2D eigenvalue weighted by molar-refractivity contribution is -0.384. The third-order valence-corrected chi connectivity index (χ3v) is 3.06. The molecule has 4 N–H and O–H groups in total. The topological polar surface area (TPSA) is 127 Å². The van der Waals surface area contributed by atoms with Crippen molar-refractivity contribution in [2.24, 2.45) is 5.73 Å². The zero-order valence-corrected chi connectivity index (χ0v) is 11.8. The summed E-state index contributed by atoms with van der Waals surface area (Å²) in [6.07, 6.45) is 0. The average Bonchev–Trinajstić information content (AvgIpc) is 2.34. The van der Waals surface area contributed by atoms with Crippen molar-refractivity contribution >= 4 is 40.2 Å². The van der Waals surface area contributed by atoms with Gasteiger partial charge in [-0.1, -0.05) is 0 Å². The number of amides is 3. The van der Waals surface area contributed by atoms with Gasteiger partial charge in [0.2, 0.25) is 0 Å². The third kappa shape index (κ3) is 4.69. The van der Waals surface area contributed by atoms with Crippen molar-refractivity contribution < 1.29 is 14.5 Å². The molecule has 0 aliphatic heterocycles. The molecule has 0 heterocycles. The van der Waals surface area contributed by atoms with E-state index in [1.165, 1.54) is 18.2 Å². The van der Waals surface area contributed by atoms with E-state index in [0.717, 1.165) is 0 Å². The Morgan fingerprint density at radius 3 is 2.53 bits per heavy atom. The van der Waals surface area contributed by atoms with Crippen molar-refractivity contribution in [3.05, 3.63) is 37.4 Å². The number of nitrogens with one attached hydrogen (secondary N) is 2. The lowest BCUT2D eigenvalue weighted by Crippen LogP contribution is -2.37. The lowest BCUT2D eigenvalue weighted by atomic mass is 10.2. The summed E-state index contributed by atoms with van der Waals surface area (Å²) in [5.74, 6) is -0.445. The SMILES string of the molecule is NC(=O)NCCNC(=O)c1cc([N+](=O)[O-])ccc1I. The molecule has 9 heteroatoms. The largest absolute Gasteiger partial charge is 0.352 e. The number of nitro benzene ring substituents is 1. The first-order valence-corrected chi connectivity index (χ1v) is 6.25. The van der Waals surface area contributed by atoms with E-state index in [1.807, 2.05) is 22.6 Å². The molecule has 0 aromatic heterocycles. The number of rotatable bonds is 5. The molecule has 0 spiro atoms. The second kappa shape index (κ2) is 6.87. The summed E-state index contributed by atoms with van der Waals surface area (Å²) in [6.45, 7) is 0.368. The molecule has 1 aromatic carbocycles. The van der Waals surface area contributed by atoms with Crippen LogP contribution in [0.2, 0.25) is 0 Å². The predicted molar refractivity (Wildman–Crippen MR) is 75.7 cm³/mol. The van der Waals surface area contributed by atoms with Gasteiger partial charge >= 0.3 is 6.03 Å². The van der Waals surface area contributed by atoms with E-state index in [0.29, 0.717) is 3.57 Å². The normalized spacial score (nSPS) is 9.74. The molecule has 0 saturated carbocycles. The molecular formula is C10H11IN4O4. The van der Waals surface area contributed by atoms with Gasteiger partial charge in [-0.25, -0.2) is 4.79 Å². The Balaban J connectivity index is 2.68. The highest BCUT2D eigenvalue weighted by Gasteiger charge is 2.14. The number of nitro groups is 1. The summed E-state index contributed by atoms with van der Waals surface area (Å²) in [7, 11) is 0. The molecule has 3 amide bonds. The Kier molecular flexibility index (Phi) is 5.48. The molecule has 0 atom stereocenters. The number of primary amides is 1. The monoisotopic (exact) mass is 378 g/mol. The van der Waals surface area contributed by atoms with E-state index in [2.05, 4.69) is 10.6 Å². The fraction of sp³-hybridized carbons (Fsp3) is 0.200. The summed E-state index contributed by atoms with van der Waals surface area (Å²) in [4.78, 5) is 32.3. The molecule has 0 saturated heterocycles. The van der Waals surface area contributed by atoms with Gasteiger partial charge in [0.05, 0.1) is 10.5 Å². The maximum Gasteiger partial charge on any atom is 0.312 e. The molecule has 0 radical (unpaired) electrons. The maximum atomic E-state index is 11.8. The average molecular weight is 378 g/mol. The molecule has 102 valence electrons. The minimum absolute atomic E-state index is 0.152. The number of nitrogens with two attached hydrogens (primary N) is 1. The molecule has 0 aliphatic carbocycles. The molecule has 0 aliphatic rings. The number of halogens is 1. The number of hydrogen-bond acceptors (Lipinski definition) is 4. The van der Waals surface area contributed by atoms with E-state index >= 15 is 0 Å². The van der Waals surface area contributed by atoms with Gasteiger partial charge in [0.15, 0.2) is 0 Å². The highest BCUT2D eigenvalue weighted by Crippen LogP contribution is 2.19. The first kappa shape index (κ1) is 15.1. The van der Waals surface area contributed by atoms with Crippen LogP contribution >= 0.6 is 22.6 Å². The van der Waals surface area contributed by atoms with E-state index in [9.17, 15) is 19.7 Å². The minimum Gasteiger partial charge on any atom is -0.352 e. The predicted octanol–water partition coefficient (Wildman–Crippen LogP) is 0.598. The number of nitrogens with zero attached hydrogens (tertiary/aromatic N) is 1. The molecule has 19 heavy (non-hydrogen) atoms. The van der Waals surface area contributed by atoms with Gasteiger partial charge in [-0.2, -0.15) is 0 Å². The Morgan fingerprint density at radius 2 is 1.95 bits per heavy atom. The third-order valence-electron chi connectivity index (χ3n) is 2.12. The van der Waals surface area contributed by atoms with Crippen LogP contribution in [0.25, 0.3) is 0 Å². The smallest absolute Gasteiger partial charge is 0.312 e. The van der Waals surface area contributed by atoms with Gasteiger partial charge in [-0.15, -0.1) is 0 Å². The fourth-order valence-corrected chi connectivity index (χ4v) is 1.84. The van der Waals surface area contributed by atoms with Crippen LogP contribution in [0.3, 0.4) is 0 Å². The summed E-state index contributed by atoms with van der Waals surface area (Å²) < 4.78 is 0.601. The van der Waals surface area contributed by atoms with Gasteiger partial charge in [0.1, 0.15) is 0 Å². The minimum atomic E-state index is -0.681. The molecule has 8 nitrogen and oxygen atoms in total. The van der Waals surface area contributed by atoms with Crippen molar-refractivity contribution in [3.63, 3.8) is 0 Å². The number of non-ortho nitro benzene ring substituents is 1. The van der Waals surface area contributed by atoms with Crippen LogP contribution < -0.4 is 16.4 Å². The molecule has 1 rings (SSSR count). The first-order valence-electron chi connectivity index (χ1n) is 5.17. The number of urea groups is 1. The quantitative estimate of drug-likeness (QED) is 0.300. The summed E-state index contributed by atoms with van der Waals surface area (Å²) in [6, 6.07) is 3.35. The standard InChI is InChI=1S/C10H11IN4O4/c11-8-2-1-6(15(18)19)5-7(8)9(16)13-3-4-14-10(12)17/h1-2,5H,3-4H2,(H,13,16)(H3,12,14,17). The highest BCUT2D eigenvalue weighted by atomic mass is 127. The van der Waals surface area contributed by atoms with Gasteiger partial charge in [-0.3, -0.25) is 14.9 Å². The molecule has 1 aromatic rings. The maximum absolute atomic E-state index is 11.8. The number of benzene rings is 1. The van der Waals surface area contributed by atoms with Gasteiger partial charge in [0.25, 0.3) is 11.6 Å². The van der Waals surface area contributed by atoms with E-state index in [4.69, 9.17) is 5.73 Å². The summed E-state index contributed by atoms with van der Waals surface area (Å²) >= 11 is 1.91. The van der Waals surface area contributed by atoms with Crippen LogP contribution in [0.4, 0.5) is 10.5 Å². The van der Waals surface area contributed by atoms with Crippen LogP contribution in [0.1, 0.15) is 10.4 Å². The van der Waals surface area contributed by atoms with E-state index < -0.39 is 16.9 Å². The number of carbonyl (C=O) groups excluding carboxylic acids is 2. The lowest BCUT2D eigenvalue weighted by Gasteiger charge is -2.07. The van der Waals surface area contributed by atoms with Crippen LogP contribution in [-0.2, 0) is 0 Å². The Hall–Kier alpha value is -1.91. The zero-order chi connectivity index (χ0) is 14.4. The molecular weight excluding hydrogens is 367 g/mol. The summed E-state index contributed by atoms with van der Waals surface area (Å²) in [5.41, 5.74) is 4.92. The van der Waals surface area contributed by atoms with Crippen LogP contribution in [0, 0.1) is 13.7 Å². The molecule has 0 bridgehead atoms. The second-order valence-electron chi connectivity index (χ2n) is 3.47. The van der Waals surface area contributed by atoms with Crippen molar-refractivity contribution in [1.82, 2.24) is 10.6 Å². The number of carbonyl (C=O) groups is 2. The van der Waals surface area contributed by atoms with Crippen molar-refractivity contribution in [1.29, 1.82) is 0 Å². The Bertz CT molecular complexity index is 520. The highest BCUT2D eigenvalue weighted by molar-refractivity contribution is 14.1. The number of hydrogen-bond donors (Lipinski definition) is 3. The van der Waals surface area contributed by atoms with Gasteiger partial charge in [-0.05, 0) is 28.7 Å². The molecule has 0 fully saturated rings. The fourth-order valence-electron chi connectivity index (χ4n) is 1.26. The van der Waals surface area contributed by atoms with Crippen LogP contribution in [-0.4, -0.2) is 30.0 Å². The molecule has 0 unspecified atom stereocenters. The Labute approximate surface area is 122 Å². The van der Waals surface area contributed by atoms with Gasteiger partial charge in [0, 0.05) is 28.8 Å². The van der Waals surface area contributed by atoms with Crippen LogP contribution in [0.5, 0.6) is 0 Å². The Morgan fingerprint density at radius 1 is 1.32 bits per heavy atom. The van der Waals surface area contributed by atoms with Crippen molar-refractivity contribution in [2.75, 3.05) is 13.1 Å². The first-order chi connectivity index (χ1) is 8.91. The van der Waals surface area contributed by atoms with E-state index in [1.54, 1.807) is 0 Å². The van der Waals surface area contributed by atoms with Gasteiger partial charge < -0.3 is 16.4 Å². The second-order valence-corrected chi connectivity index (χ2v) is 4.63. The van der Waals surface area contributed by atoms with Crippen LogP contribution in [0.15, 0.2) is 18.2 Å².